The molecular formula is C13H8F2O2. The number of esters is 1. The van der Waals surface area contributed by atoms with Crippen molar-refractivity contribution >= 4 is 5.97 Å². The average Bonchev–Trinajstić information content (AvgIpc) is 2.30. The quantitative estimate of drug-likeness (QED) is 0.589. The highest BCUT2D eigenvalue weighted by atomic mass is 19.1. The molecule has 0 N–H and O–H groups in total. The summed E-state index contributed by atoms with van der Waals surface area (Å²) in [6, 6.07) is 11.0. The number of benzene rings is 2. The van der Waals surface area contributed by atoms with Crippen molar-refractivity contribution < 1.29 is 18.3 Å². The predicted octanol–water partition coefficient (Wildman–Crippen LogP) is 3.18. The number of hydrogen-bond donors (Lipinski definition) is 0. The second kappa shape index (κ2) is 4.74. The van der Waals surface area contributed by atoms with Crippen LogP contribution >= 0.6 is 0 Å². The van der Waals surface area contributed by atoms with E-state index >= 15 is 0 Å². The van der Waals surface area contributed by atoms with Gasteiger partial charge in [0.1, 0.15) is 17.4 Å². The van der Waals surface area contributed by atoms with Crippen molar-refractivity contribution in [1.29, 1.82) is 0 Å². The van der Waals surface area contributed by atoms with Gasteiger partial charge in [-0.2, -0.15) is 0 Å². The van der Waals surface area contributed by atoms with E-state index in [1.54, 1.807) is 30.3 Å². The zero-order chi connectivity index (χ0) is 12.3. The van der Waals surface area contributed by atoms with Gasteiger partial charge in [-0.1, -0.05) is 18.2 Å². The number of hydrogen-bond acceptors (Lipinski definition) is 2. The summed E-state index contributed by atoms with van der Waals surface area (Å²) in [7, 11) is 0. The molecule has 0 saturated heterocycles. The van der Waals surface area contributed by atoms with Crippen LogP contribution in [0.5, 0.6) is 5.75 Å². The molecule has 0 amide bonds. The SMILES string of the molecule is O=C(Oc1ccccc1)c1ccc(F)cc1F. The highest BCUT2D eigenvalue weighted by Crippen LogP contribution is 2.14. The van der Waals surface area contributed by atoms with Crippen LogP contribution in [0.25, 0.3) is 0 Å². The zero-order valence-corrected chi connectivity index (χ0v) is 8.69. The van der Waals surface area contributed by atoms with Crippen LogP contribution in [0.2, 0.25) is 0 Å². The van der Waals surface area contributed by atoms with Crippen LogP contribution in [0.1, 0.15) is 10.4 Å². The summed E-state index contributed by atoms with van der Waals surface area (Å²) in [5, 5.41) is 0. The molecule has 2 aromatic rings. The Hall–Kier alpha value is -2.23. The summed E-state index contributed by atoms with van der Waals surface area (Å²) in [6.45, 7) is 0. The molecule has 17 heavy (non-hydrogen) atoms. The van der Waals surface area contributed by atoms with E-state index in [1.165, 1.54) is 0 Å². The molecule has 0 aliphatic rings. The average molecular weight is 234 g/mol. The van der Waals surface area contributed by atoms with Crippen molar-refractivity contribution in [3.05, 3.63) is 65.7 Å². The fourth-order valence-electron chi connectivity index (χ4n) is 1.31. The summed E-state index contributed by atoms with van der Waals surface area (Å²) in [6.07, 6.45) is 0. The summed E-state index contributed by atoms with van der Waals surface area (Å²) < 4.78 is 30.8. The van der Waals surface area contributed by atoms with Crippen LogP contribution in [-0.2, 0) is 0 Å². The lowest BCUT2D eigenvalue weighted by molar-refractivity contribution is 0.0730. The van der Waals surface area contributed by atoms with Crippen molar-refractivity contribution in [3.8, 4) is 5.75 Å². The molecule has 0 heterocycles. The lowest BCUT2D eigenvalue weighted by Gasteiger charge is -2.04. The van der Waals surface area contributed by atoms with Gasteiger partial charge in [0.25, 0.3) is 0 Å². The normalized spacial score (nSPS) is 10.0. The molecule has 0 radical (unpaired) electrons. The van der Waals surface area contributed by atoms with Crippen molar-refractivity contribution in [1.82, 2.24) is 0 Å². The lowest BCUT2D eigenvalue weighted by Crippen LogP contribution is -2.10. The van der Waals surface area contributed by atoms with E-state index in [-0.39, 0.29) is 5.56 Å². The number of halogens is 2. The first-order valence-electron chi connectivity index (χ1n) is 4.89. The van der Waals surface area contributed by atoms with E-state index in [2.05, 4.69) is 0 Å². The van der Waals surface area contributed by atoms with Gasteiger partial charge >= 0.3 is 5.97 Å². The molecular weight excluding hydrogens is 226 g/mol. The fraction of sp³-hybridized carbons (Fsp3) is 0. The van der Waals surface area contributed by atoms with Crippen LogP contribution in [0, 0.1) is 11.6 Å². The van der Waals surface area contributed by atoms with Crippen molar-refractivity contribution in [2.45, 2.75) is 0 Å². The third kappa shape index (κ3) is 2.66. The minimum absolute atomic E-state index is 0.296. The van der Waals surface area contributed by atoms with E-state index in [0.29, 0.717) is 11.8 Å². The summed E-state index contributed by atoms with van der Waals surface area (Å²) in [5.74, 6) is -2.22. The second-order valence-corrected chi connectivity index (χ2v) is 3.33. The van der Waals surface area contributed by atoms with Crippen LogP contribution in [-0.4, -0.2) is 5.97 Å². The van der Waals surface area contributed by atoms with Crippen LogP contribution in [0.4, 0.5) is 8.78 Å². The van der Waals surface area contributed by atoms with Crippen molar-refractivity contribution in [2.24, 2.45) is 0 Å². The zero-order valence-electron chi connectivity index (χ0n) is 8.69. The predicted molar refractivity (Wildman–Crippen MR) is 57.8 cm³/mol. The van der Waals surface area contributed by atoms with Crippen LogP contribution in [0.3, 0.4) is 0 Å². The highest BCUT2D eigenvalue weighted by Gasteiger charge is 2.14. The topological polar surface area (TPSA) is 26.3 Å². The molecule has 2 aromatic carbocycles. The molecule has 0 fully saturated rings. The number of ether oxygens (including phenoxy) is 1. The molecule has 0 unspecified atom stereocenters. The molecule has 0 atom stereocenters. The number of carbonyl (C=O) groups excluding carboxylic acids is 1. The molecule has 86 valence electrons. The van der Waals surface area contributed by atoms with Gasteiger partial charge in [-0.15, -0.1) is 0 Å². The van der Waals surface area contributed by atoms with E-state index < -0.39 is 17.6 Å². The summed E-state index contributed by atoms with van der Waals surface area (Å²) >= 11 is 0. The molecule has 0 spiro atoms. The van der Waals surface area contributed by atoms with Gasteiger partial charge in [-0.05, 0) is 24.3 Å². The van der Waals surface area contributed by atoms with Crippen molar-refractivity contribution in [3.63, 3.8) is 0 Å². The Kier molecular flexibility index (Phi) is 3.14. The maximum Gasteiger partial charge on any atom is 0.346 e. The minimum atomic E-state index is -0.939. The fourth-order valence-corrected chi connectivity index (χ4v) is 1.31. The molecule has 4 heteroatoms. The van der Waals surface area contributed by atoms with E-state index in [0.717, 1.165) is 12.1 Å². The van der Waals surface area contributed by atoms with Gasteiger partial charge in [0.05, 0.1) is 5.56 Å². The minimum Gasteiger partial charge on any atom is -0.423 e. The van der Waals surface area contributed by atoms with Crippen LogP contribution in [0.15, 0.2) is 48.5 Å². The van der Waals surface area contributed by atoms with E-state index in [9.17, 15) is 13.6 Å². The Morgan fingerprint density at radius 1 is 1.00 bits per heavy atom. The van der Waals surface area contributed by atoms with E-state index in [1.807, 2.05) is 0 Å². The third-order valence-corrected chi connectivity index (χ3v) is 2.10. The van der Waals surface area contributed by atoms with Gasteiger partial charge in [0.2, 0.25) is 0 Å². The first-order chi connectivity index (χ1) is 8.16. The smallest absolute Gasteiger partial charge is 0.346 e. The van der Waals surface area contributed by atoms with Gasteiger partial charge in [-0.3, -0.25) is 0 Å². The third-order valence-electron chi connectivity index (χ3n) is 2.10. The maximum atomic E-state index is 13.3. The maximum absolute atomic E-state index is 13.3. The van der Waals surface area contributed by atoms with E-state index in [4.69, 9.17) is 4.74 Å². The standard InChI is InChI=1S/C13H8F2O2/c14-9-6-7-11(12(15)8-9)13(16)17-10-4-2-1-3-5-10/h1-8H. The summed E-state index contributed by atoms with van der Waals surface area (Å²) in [5.41, 5.74) is -0.296. The largest absolute Gasteiger partial charge is 0.423 e. The first kappa shape index (κ1) is 11.3. The van der Waals surface area contributed by atoms with Crippen molar-refractivity contribution in [2.75, 3.05) is 0 Å². The van der Waals surface area contributed by atoms with Gasteiger partial charge in [0, 0.05) is 6.07 Å². The molecule has 0 aliphatic carbocycles. The molecule has 0 saturated carbocycles. The highest BCUT2D eigenvalue weighted by molar-refractivity contribution is 5.91. The number of rotatable bonds is 2. The Labute approximate surface area is 96.5 Å². The Balaban J connectivity index is 2.21. The van der Waals surface area contributed by atoms with Crippen LogP contribution < -0.4 is 4.74 Å². The van der Waals surface area contributed by atoms with Gasteiger partial charge in [0.15, 0.2) is 0 Å². The number of para-hydroxylation sites is 1. The molecule has 0 aliphatic heterocycles. The van der Waals surface area contributed by atoms with Gasteiger partial charge in [-0.25, -0.2) is 13.6 Å². The Morgan fingerprint density at radius 3 is 2.35 bits per heavy atom. The molecule has 2 rings (SSSR count). The monoisotopic (exact) mass is 234 g/mol. The molecule has 0 bridgehead atoms. The Bertz CT molecular complexity index is 538. The first-order valence-corrected chi connectivity index (χ1v) is 4.89. The Morgan fingerprint density at radius 2 is 1.71 bits per heavy atom. The number of carbonyl (C=O) groups is 1. The second-order valence-electron chi connectivity index (χ2n) is 3.33. The van der Waals surface area contributed by atoms with Gasteiger partial charge < -0.3 is 4.74 Å². The molecule has 0 aromatic heterocycles. The summed E-state index contributed by atoms with van der Waals surface area (Å²) in [4.78, 5) is 11.6. The lowest BCUT2D eigenvalue weighted by atomic mass is 10.2. The molecule has 2 nitrogen and oxygen atoms in total.